The lowest BCUT2D eigenvalue weighted by molar-refractivity contribution is 0.938. The number of alkyl halides is 2. The Hall–Kier alpha value is -0.0100. The molecule has 12 heavy (non-hydrogen) atoms. The average Bonchev–Trinajstić information content (AvgIpc) is 2.15. The first kappa shape index (κ1) is 10.1. The number of hydrogen-bond donors (Lipinski definition) is 0. The normalized spacial score (nSPS) is 10.2. The minimum absolute atomic E-state index is 0.610. The molecule has 1 aromatic carbocycles. The van der Waals surface area contributed by atoms with Gasteiger partial charge in [-0.25, -0.2) is 0 Å². The van der Waals surface area contributed by atoms with Gasteiger partial charge in [0.2, 0.25) is 0 Å². The van der Waals surface area contributed by atoms with Gasteiger partial charge in [0.1, 0.15) is 0 Å². The van der Waals surface area contributed by atoms with E-state index in [1.54, 1.807) is 0 Å². The fraction of sp³-hybridized carbons (Fsp3) is 0.400. The molecule has 0 fully saturated rings. The van der Waals surface area contributed by atoms with Crippen molar-refractivity contribution in [2.45, 2.75) is 18.7 Å². The Morgan fingerprint density at radius 2 is 1.67 bits per heavy atom. The van der Waals surface area contributed by atoms with E-state index in [0.717, 1.165) is 11.8 Å². The number of aryl methyl sites for hydroxylation is 1. The molecule has 0 aliphatic heterocycles. The third-order valence-corrected chi connectivity index (χ3v) is 2.65. The van der Waals surface area contributed by atoms with Gasteiger partial charge >= 0.3 is 0 Å². The van der Waals surface area contributed by atoms with Crippen LogP contribution in [0.25, 0.3) is 0 Å². The van der Waals surface area contributed by atoms with E-state index in [4.69, 9.17) is 11.6 Å². The maximum Gasteiger partial charge on any atom is 0.0474 e. The molecule has 2 heteroatoms. The van der Waals surface area contributed by atoms with Gasteiger partial charge in [-0.15, -0.1) is 11.6 Å². The van der Waals surface area contributed by atoms with Crippen LogP contribution >= 0.6 is 27.5 Å². The fourth-order valence-electron chi connectivity index (χ4n) is 1.07. The van der Waals surface area contributed by atoms with Crippen molar-refractivity contribution in [2.75, 3.05) is 5.33 Å². The molecule has 0 atom stereocenters. The number of hydrogen-bond acceptors (Lipinski definition) is 0. The fourth-order valence-corrected chi connectivity index (χ4v) is 1.52. The molecule has 0 radical (unpaired) electrons. The van der Waals surface area contributed by atoms with E-state index in [0.29, 0.717) is 5.88 Å². The third kappa shape index (κ3) is 3.16. The van der Waals surface area contributed by atoms with Gasteiger partial charge in [-0.2, -0.15) is 0 Å². The molecular weight excluding hydrogens is 235 g/mol. The van der Waals surface area contributed by atoms with E-state index in [1.807, 2.05) is 0 Å². The molecule has 1 aromatic rings. The summed E-state index contributed by atoms with van der Waals surface area (Å²) in [4.78, 5) is 0. The zero-order valence-electron chi connectivity index (χ0n) is 6.89. The summed E-state index contributed by atoms with van der Waals surface area (Å²) >= 11 is 9.09. The molecule has 0 nitrogen and oxygen atoms in total. The van der Waals surface area contributed by atoms with Gasteiger partial charge in [-0.05, 0) is 24.0 Å². The van der Waals surface area contributed by atoms with Crippen LogP contribution in [0.3, 0.4) is 0 Å². The van der Waals surface area contributed by atoms with E-state index >= 15 is 0 Å². The lowest BCUT2D eigenvalue weighted by Crippen LogP contribution is -1.86. The SMILES string of the molecule is ClCc1ccc(CCCBr)cc1. The van der Waals surface area contributed by atoms with Crippen LogP contribution in [0.4, 0.5) is 0 Å². The smallest absolute Gasteiger partial charge is 0.0474 e. The summed E-state index contributed by atoms with van der Waals surface area (Å²) in [6, 6.07) is 8.49. The molecule has 66 valence electrons. The predicted octanol–water partition coefficient (Wildman–Crippen LogP) is 3.75. The molecule has 0 saturated heterocycles. The summed E-state index contributed by atoms with van der Waals surface area (Å²) in [6.45, 7) is 0. The Labute approximate surface area is 87.1 Å². The van der Waals surface area contributed by atoms with E-state index in [9.17, 15) is 0 Å². The molecular formula is C10H12BrCl. The molecule has 1 rings (SSSR count). The van der Waals surface area contributed by atoms with Crippen LogP contribution in [-0.2, 0) is 12.3 Å². The second-order valence-electron chi connectivity index (χ2n) is 2.74. The van der Waals surface area contributed by atoms with E-state index in [-0.39, 0.29) is 0 Å². The Kier molecular flexibility index (Phi) is 4.70. The van der Waals surface area contributed by atoms with Crippen molar-refractivity contribution >= 4 is 27.5 Å². The quantitative estimate of drug-likeness (QED) is 0.711. The zero-order chi connectivity index (χ0) is 8.81. The van der Waals surface area contributed by atoms with Crippen LogP contribution in [0.5, 0.6) is 0 Å². The first-order chi connectivity index (χ1) is 5.86. The molecule has 0 aromatic heterocycles. The van der Waals surface area contributed by atoms with Crippen LogP contribution in [0, 0.1) is 0 Å². The second kappa shape index (κ2) is 5.60. The lowest BCUT2D eigenvalue weighted by atomic mass is 10.1. The maximum absolute atomic E-state index is 5.68. The third-order valence-electron chi connectivity index (χ3n) is 1.78. The van der Waals surface area contributed by atoms with Crippen LogP contribution < -0.4 is 0 Å². The Morgan fingerprint density at radius 1 is 1.08 bits per heavy atom. The minimum Gasteiger partial charge on any atom is -0.122 e. The highest BCUT2D eigenvalue weighted by molar-refractivity contribution is 9.09. The summed E-state index contributed by atoms with van der Waals surface area (Å²) in [6.07, 6.45) is 2.34. The molecule has 0 N–H and O–H groups in total. The average molecular weight is 248 g/mol. The van der Waals surface area contributed by atoms with Gasteiger partial charge in [-0.3, -0.25) is 0 Å². The highest BCUT2D eigenvalue weighted by Crippen LogP contribution is 2.09. The first-order valence-electron chi connectivity index (χ1n) is 4.06. The minimum atomic E-state index is 0.610. The Morgan fingerprint density at radius 3 is 2.17 bits per heavy atom. The van der Waals surface area contributed by atoms with Gasteiger partial charge in [-0.1, -0.05) is 40.2 Å². The van der Waals surface area contributed by atoms with Gasteiger partial charge in [0.15, 0.2) is 0 Å². The standard InChI is InChI=1S/C10H12BrCl/c11-7-1-2-9-3-5-10(8-12)6-4-9/h3-6H,1-2,7-8H2. The first-order valence-corrected chi connectivity index (χ1v) is 5.72. The Bertz CT molecular complexity index is 218. The van der Waals surface area contributed by atoms with Crippen molar-refractivity contribution in [1.82, 2.24) is 0 Å². The topological polar surface area (TPSA) is 0 Å². The van der Waals surface area contributed by atoms with Gasteiger partial charge in [0.25, 0.3) is 0 Å². The maximum atomic E-state index is 5.68. The van der Waals surface area contributed by atoms with E-state index in [1.165, 1.54) is 17.5 Å². The Balaban J connectivity index is 2.53. The largest absolute Gasteiger partial charge is 0.122 e. The van der Waals surface area contributed by atoms with Gasteiger partial charge in [0.05, 0.1) is 0 Å². The van der Waals surface area contributed by atoms with Crippen molar-refractivity contribution < 1.29 is 0 Å². The molecule has 0 unspecified atom stereocenters. The van der Waals surface area contributed by atoms with Crippen molar-refractivity contribution in [3.05, 3.63) is 35.4 Å². The summed E-state index contributed by atoms with van der Waals surface area (Å²) < 4.78 is 0. The summed E-state index contributed by atoms with van der Waals surface area (Å²) in [5.41, 5.74) is 2.59. The van der Waals surface area contributed by atoms with Crippen molar-refractivity contribution in [1.29, 1.82) is 0 Å². The van der Waals surface area contributed by atoms with Crippen LogP contribution in [0.2, 0.25) is 0 Å². The van der Waals surface area contributed by atoms with Gasteiger partial charge < -0.3 is 0 Å². The molecule has 0 heterocycles. The highest BCUT2D eigenvalue weighted by atomic mass is 79.9. The molecule has 0 aliphatic rings. The van der Waals surface area contributed by atoms with Crippen LogP contribution in [-0.4, -0.2) is 5.33 Å². The van der Waals surface area contributed by atoms with Gasteiger partial charge in [0, 0.05) is 11.2 Å². The summed E-state index contributed by atoms with van der Waals surface area (Å²) in [5, 5.41) is 1.07. The summed E-state index contributed by atoms with van der Waals surface area (Å²) in [7, 11) is 0. The lowest BCUT2D eigenvalue weighted by Gasteiger charge is -1.99. The molecule has 0 spiro atoms. The zero-order valence-corrected chi connectivity index (χ0v) is 9.24. The second-order valence-corrected chi connectivity index (χ2v) is 3.80. The number of benzene rings is 1. The van der Waals surface area contributed by atoms with Crippen molar-refractivity contribution in [3.63, 3.8) is 0 Å². The predicted molar refractivity (Wildman–Crippen MR) is 58.1 cm³/mol. The molecule has 0 aliphatic carbocycles. The van der Waals surface area contributed by atoms with Crippen LogP contribution in [0.15, 0.2) is 24.3 Å². The molecule has 0 bridgehead atoms. The number of halogens is 2. The number of rotatable bonds is 4. The monoisotopic (exact) mass is 246 g/mol. The van der Waals surface area contributed by atoms with E-state index < -0.39 is 0 Å². The van der Waals surface area contributed by atoms with E-state index in [2.05, 4.69) is 40.2 Å². The highest BCUT2D eigenvalue weighted by Gasteiger charge is 1.92. The summed E-state index contributed by atoms with van der Waals surface area (Å²) in [5.74, 6) is 0.610. The van der Waals surface area contributed by atoms with Crippen LogP contribution in [0.1, 0.15) is 17.5 Å². The molecule has 0 saturated carbocycles. The van der Waals surface area contributed by atoms with Crippen molar-refractivity contribution in [3.8, 4) is 0 Å². The molecule has 0 amide bonds. The van der Waals surface area contributed by atoms with Crippen molar-refractivity contribution in [2.24, 2.45) is 0 Å².